The Morgan fingerprint density at radius 2 is 1.96 bits per heavy atom. The number of fused-ring (bicyclic) bond motifs is 1. The number of rotatable bonds is 5. The molecule has 0 unspecified atom stereocenters. The number of hydrogen-bond acceptors (Lipinski definition) is 4. The maximum atomic E-state index is 12.3. The van der Waals surface area contributed by atoms with Gasteiger partial charge < -0.3 is 20.2 Å². The number of ether oxygens (including phenoxy) is 1. The van der Waals surface area contributed by atoms with Gasteiger partial charge in [0.05, 0.1) is 11.7 Å². The molecule has 0 saturated heterocycles. The van der Waals surface area contributed by atoms with Crippen LogP contribution < -0.4 is 15.8 Å². The van der Waals surface area contributed by atoms with Crippen molar-refractivity contribution in [2.75, 3.05) is 5.32 Å². The number of pyridine rings is 1. The Labute approximate surface area is 177 Å². The first-order valence-electron chi connectivity index (χ1n) is 8.55. The molecular formula is C20H26Cl2N4O2. The van der Waals surface area contributed by atoms with Crippen LogP contribution in [0.2, 0.25) is 0 Å². The van der Waals surface area contributed by atoms with E-state index < -0.39 is 6.04 Å². The molecule has 0 fully saturated rings. The van der Waals surface area contributed by atoms with Crippen molar-refractivity contribution in [3.63, 3.8) is 0 Å². The third kappa shape index (κ3) is 5.86. The van der Waals surface area contributed by atoms with E-state index in [1.807, 2.05) is 74.0 Å². The molecule has 0 bridgehead atoms. The van der Waals surface area contributed by atoms with E-state index in [9.17, 15) is 4.79 Å². The minimum atomic E-state index is -0.593. The van der Waals surface area contributed by atoms with Gasteiger partial charge in [0.2, 0.25) is 5.91 Å². The van der Waals surface area contributed by atoms with Gasteiger partial charge in [0.25, 0.3) is 0 Å². The second-order valence-corrected chi connectivity index (χ2v) is 7.35. The molecule has 0 radical (unpaired) electrons. The smallest absolute Gasteiger partial charge is 0.241 e. The van der Waals surface area contributed by atoms with Crippen molar-refractivity contribution in [1.29, 1.82) is 0 Å². The Bertz CT molecular complexity index is 889. The number of nitrogens with zero attached hydrogens (tertiary/aromatic N) is 2. The SMILES string of the molecule is CC(C)(C)[C@H](N)C(=O)Nc1cccc(OCc2cn3ccccc3n2)c1.Cl.Cl. The van der Waals surface area contributed by atoms with E-state index in [1.165, 1.54) is 0 Å². The molecule has 3 rings (SSSR count). The van der Waals surface area contributed by atoms with E-state index in [0.29, 0.717) is 18.0 Å². The molecule has 3 N–H and O–H groups in total. The number of carbonyl (C=O) groups excluding carboxylic acids is 1. The highest BCUT2D eigenvalue weighted by Gasteiger charge is 2.27. The predicted molar refractivity (Wildman–Crippen MR) is 117 cm³/mol. The Morgan fingerprint density at radius 3 is 2.64 bits per heavy atom. The van der Waals surface area contributed by atoms with Crippen LogP contribution >= 0.6 is 24.8 Å². The molecule has 0 saturated carbocycles. The zero-order valence-electron chi connectivity index (χ0n) is 16.1. The van der Waals surface area contributed by atoms with Crippen LogP contribution in [0.4, 0.5) is 5.69 Å². The van der Waals surface area contributed by atoms with Crippen molar-refractivity contribution in [2.24, 2.45) is 11.1 Å². The van der Waals surface area contributed by atoms with E-state index in [4.69, 9.17) is 10.5 Å². The number of imidazole rings is 1. The van der Waals surface area contributed by atoms with Gasteiger partial charge in [-0.2, -0.15) is 0 Å². The minimum absolute atomic E-state index is 0. The van der Waals surface area contributed by atoms with Crippen LogP contribution in [0.1, 0.15) is 26.5 Å². The summed E-state index contributed by atoms with van der Waals surface area (Å²) in [5, 5.41) is 2.84. The van der Waals surface area contributed by atoms with Crippen molar-refractivity contribution in [3.8, 4) is 5.75 Å². The molecule has 0 aliphatic carbocycles. The van der Waals surface area contributed by atoms with Crippen LogP contribution in [0.25, 0.3) is 5.65 Å². The summed E-state index contributed by atoms with van der Waals surface area (Å²) in [6.07, 6.45) is 3.88. The van der Waals surface area contributed by atoms with Gasteiger partial charge in [-0.25, -0.2) is 4.98 Å². The summed E-state index contributed by atoms with van der Waals surface area (Å²) >= 11 is 0. The zero-order chi connectivity index (χ0) is 18.7. The van der Waals surface area contributed by atoms with Crippen LogP contribution in [-0.2, 0) is 11.4 Å². The number of aromatic nitrogens is 2. The van der Waals surface area contributed by atoms with Gasteiger partial charge in [-0.3, -0.25) is 4.79 Å². The number of halogens is 2. The van der Waals surface area contributed by atoms with Gasteiger partial charge in [-0.05, 0) is 29.7 Å². The van der Waals surface area contributed by atoms with E-state index in [0.717, 1.165) is 11.3 Å². The number of amides is 1. The molecule has 152 valence electrons. The first kappa shape index (κ1) is 23.8. The maximum Gasteiger partial charge on any atom is 0.241 e. The largest absolute Gasteiger partial charge is 0.487 e. The fourth-order valence-electron chi connectivity index (χ4n) is 2.49. The lowest BCUT2D eigenvalue weighted by molar-refractivity contribution is -0.119. The van der Waals surface area contributed by atoms with Crippen molar-refractivity contribution < 1.29 is 9.53 Å². The van der Waals surface area contributed by atoms with Gasteiger partial charge in [0, 0.05) is 24.1 Å². The van der Waals surface area contributed by atoms with Crippen molar-refractivity contribution in [1.82, 2.24) is 9.38 Å². The topological polar surface area (TPSA) is 81.7 Å². The minimum Gasteiger partial charge on any atom is -0.487 e. The zero-order valence-corrected chi connectivity index (χ0v) is 17.7. The molecule has 0 aliphatic rings. The van der Waals surface area contributed by atoms with Crippen LogP contribution in [0.3, 0.4) is 0 Å². The average molecular weight is 425 g/mol. The summed E-state index contributed by atoms with van der Waals surface area (Å²) in [6, 6.07) is 12.5. The quantitative estimate of drug-likeness (QED) is 0.646. The highest BCUT2D eigenvalue weighted by Crippen LogP contribution is 2.22. The lowest BCUT2D eigenvalue weighted by atomic mass is 9.87. The third-order valence-electron chi connectivity index (χ3n) is 4.12. The monoisotopic (exact) mass is 424 g/mol. The van der Waals surface area contributed by atoms with E-state index in [1.54, 1.807) is 6.07 Å². The highest BCUT2D eigenvalue weighted by atomic mass is 35.5. The first-order chi connectivity index (χ1) is 12.3. The highest BCUT2D eigenvalue weighted by molar-refractivity contribution is 5.95. The fourth-order valence-corrected chi connectivity index (χ4v) is 2.49. The van der Waals surface area contributed by atoms with Gasteiger partial charge in [0.1, 0.15) is 18.0 Å². The number of anilines is 1. The van der Waals surface area contributed by atoms with Crippen molar-refractivity contribution in [3.05, 3.63) is 60.6 Å². The maximum absolute atomic E-state index is 12.3. The van der Waals surface area contributed by atoms with Gasteiger partial charge >= 0.3 is 0 Å². The Kier molecular flexibility index (Phi) is 8.29. The van der Waals surface area contributed by atoms with Crippen LogP contribution in [-0.4, -0.2) is 21.3 Å². The van der Waals surface area contributed by atoms with Gasteiger partial charge in [-0.1, -0.05) is 32.9 Å². The lowest BCUT2D eigenvalue weighted by Crippen LogP contribution is -2.45. The fraction of sp³-hybridized carbons (Fsp3) is 0.300. The summed E-state index contributed by atoms with van der Waals surface area (Å²) in [7, 11) is 0. The van der Waals surface area contributed by atoms with Gasteiger partial charge in [-0.15, -0.1) is 24.8 Å². The Balaban J connectivity index is 0.00000196. The molecular weight excluding hydrogens is 399 g/mol. The number of benzene rings is 1. The standard InChI is InChI=1S/C20H24N4O2.2ClH/c1-20(2,3)18(21)19(25)23-14-7-6-8-16(11-14)26-13-15-12-24-10-5-4-9-17(24)22-15;;/h4-12,18H,13,21H2,1-3H3,(H,23,25);2*1H/t18-;;/m1../s1. The average Bonchev–Trinajstić information content (AvgIpc) is 3.02. The Hall–Kier alpha value is -2.28. The molecule has 6 nitrogen and oxygen atoms in total. The van der Waals surface area contributed by atoms with Crippen LogP contribution in [0, 0.1) is 5.41 Å². The third-order valence-corrected chi connectivity index (χ3v) is 4.12. The van der Waals surface area contributed by atoms with E-state index in [-0.39, 0.29) is 36.1 Å². The number of nitrogens with one attached hydrogen (secondary N) is 1. The normalized spacial score (nSPS) is 11.9. The lowest BCUT2D eigenvalue weighted by Gasteiger charge is -2.25. The molecule has 3 aromatic rings. The molecule has 1 aromatic carbocycles. The van der Waals surface area contributed by atoms with Crippen molar-refractivity contribution >= 4 is 42.1 Å². The second kappa shape index (κ2) is 9.78. The van der Waals surface area contributed by atoms with Crippen LogP contribution in [0.5, 0.6) is 5.75 Å². The summed E-state index contributed by atoms with van der Waals surface area (Å²) in [4.78, 5) is 16.8. The van der Waals surface area contributed by atoms with Gasteiger partial charge in [0.15, 0.2) is 0 Å². The number of carbonyl (C=O) groups is 1. The molecule has 1 atom stereocenters. The molecule has 0 aliphatic heterocycles. The number of hydrogen-bond donors (Lipinski definition) is 2. The molecule has 28 heavy (non-hydrogen) atoms. The molecule has 2 aromatic heterocycles. The first-order valence-corrected chi connectivity index (χ1v) is 8.55. The van der Waals surface area contributed by atoms with E-state index >= 15 is 0 Å². The summed E-state index contributed by atoms with van der Waals surface area (Å²) in [5.41, 5.74) is 8.06. The number of nitrogens with two attached hydrogens (primary N) is 1. The summed E-state index contributed by atoms with van der Waals surface area (Å²) < 4.78 is 7.76. The summed E-state index contributed by atoms with van der Waals surface area (Å²) in [5.74, 6) is 0.444. The molecule has 8 heteroatoms. The summed E-state index contributed by atoms with van der Waals surface area (Å²) in [6.45, 7) is 6.16. The molecule has 0 spiro atoms. The predicted octanol–water partition coefficient (Wildman–Crippen LogP) is 4.07. The molecule has 1 amide bonds. The Morgan fingerprint density at radius 1 is 1.21 bits per heavy atom. The van der Waals surface area contributed by atoms with Crippen molar-refractivity contribution in [2.45, 2.75) is 33.4 Å². The molecule has 2 heterocycles. The van der Waals surface area contributed by atoms with Crippen LogP contribution in [0.15, 0.2) is 54.9 Å². The second-order valence-electron chi connectivity index (χ2n) is 7.35. The van der Waals surface area contributed by atoms with E-state index in [2.05, 4.69) is 10.3 Å².